The number of hydrogen-bond acceptors (Lipinski definition) is 6. The van der Waals surface area contributed by atoms with Crippen molar-refractivity contribution in [3.05, 3.63) is 45.8 Å². The molecule has 26 heavy (non-hydrogen) atoms. The Balaban J connectivity index is 2.18. The number of carbonyl (C=O) groups is 2. The van der Waals surface area contributed by atoms with E-state index >= 15 is 0 Å². The van der Waals surface area contributed by atoms with Gasteiger partial charge in [0.05, 0.1) is 17.7 Å². The maximum absolute atomic E-state index is 12.5. The van der Waals surface area contributed by atoms with Crippen LogP contribution in [0, 0.1) is 25.2 Å². The summed E-state index contributed by atoms with van der Waals surface area (Å²) in [6, 6.07) is 8.72. The molecule has 1 unspecified atom stereocenters. The lowest BCUT2D eigenvalue weighted by molar-refractivity contribution is -0.122. The summed E-state index contributed by atoms with van der Waals surface area (Å²) in [5.74, 6) is -0.542. The summed E-state index contributed by atoms with van der Waals surface area (Å²) < 4.78 is 10.7. The molecule has 7 heteroatoms. The zero-order chi connectivity index (χ0) is 19.3. The molecule has 0 fully saturated rings. The third-order valence-electron chi connectivity index (χ3n) is 3.78. The molecule has 1 atom stereocenters. The molecule has 2 rings (SSSR count). The fourth-order valence-electron chi connectivity index (χ4n) is 2.28. The number of rotatable bonds is 6. The normalized spacial score (nSPS) is 11.3. The van der Waals surface area contributed by atoms with Crippen LogP contribution in [0.1, 0.15) is 40.2 Å². The van der Waals surface area contributed by atoms with E-state index < -0.39 is 18.0 Å². The zero-order valence-electron chi connectivity index (χ0n) is 15.1. The highest BCUT2D eigenvalue weighted by Gasteiger charge is 2.24. The van der Waals surface area contributed by atoms with Crippen LogP contribution in [0.25, 0.3) is 0 Å². The molecule has 0 aliphatic rings. The van der Waals surface area contributed by atoms with Crippen LogP contribution < -0.4 is 10.1 Å². The minimum absolute atomic E-state index is 0.255. The number of thiophene rings is 1. The van der Waals surface area contributed by atoms with Gasteiger partial charge in [-0.1, -0.05) is 12.1 Å². The van der Waals surface area contributed by atoms with Crippen molar-refractivity contribution in [2.45, 2.75) is 33.8 Å². The van der Waals surface area contributed by atoms with E-state index in [2.05, 4.69) is 5.32 Å². The standard InChI is InChI=1S/C19H20N2O4S/c1-5-24-19(23)16-11(2)13(4)26-18(16)21-17(22)12(3)25-15-9-7-6-8-14(15)10-20/h6-9,12H,5H2,1-4H3,(H,21,22). The van der Waals surface area contributed by atoms with Gasteiger partial charge in [0.1, 0.15) is 16.8 Å². The molecule has 0 radical (unpaired) electrons. The number of hydrogen-bond donors (Lipinski definition) is 1. The van der Waals surface area contributed by atoms with Crippen molar-refractivity contribution in [2.24, 2.45) is 0 Å². The first kappa shape index (κ1) is 19.5. The Morgan fingerprint density at radius 1 is 1.31 bits per heavy atom. The fourth-order valence-corrected chi connectivity index (χ4v) is 3.33. The number of benzene rings is 1. The van der Waals surface area contributed by atoms with Crippen LogP contribution in [-0.4, -0.2) is 24.6 Å². The molecule has 0 saturated carbocycles. The van der Waals surface area contributed by atoms with E-state index in [-0.39, 0.29) is 6.61 Å². The second-order valence-electron chi connectivity index (χ2n) is 5.57. The van der Waals surface area contributed by atoms with E-state index in [0.29, 0.717) is 21.9 Å². The van der Waals surface area contributed by atoms with Crippen molar-refractivity contribution in [3.8, 4) is 11.8 Å². The van der Waals surface area contributed by atoms with E-state index in [1.165, 1.54) is 11.3 Å². The molecule has 1 N–H and O–H groups in total. The lowest BCUT2D eigenvalue weighted by Gasteiger charge is -2.15. The lowest BCUT2D eigenvalue weighted by Crippen LogP contribution is -2.30. The second kappa shape index (κ2) is 8.50. The maximum atomic E-state index is 12.5. The molecule has 1 aromatic carbocycles. The van der Waals surface area contributed by atoms with Gasteiger partial charge in [-0.3, -0.25) is 4.79 Å². The lowest BCUT2D eigenvalue weighted by atomic mass is 10.1. The predicted molar refractivity (Wildman–Crippen MR) is 99.6 cm³/mol. The number of esters is 1. The first-order chi connectivity index (χ1) is 12.4. The molecule has 1 aromatic heterocycles. The number of para-hydroxylation sites is 1. The van der Waals surface area contributed by atoms with Gasteiger partial charge in [0.15, 0.2) is 6.10 Å². The van der Waals surface area contributed by atoms with Gasteiger partial charge in [-0.05, 0) is 45.4 Å². The van der Waals surface area contributed by atoms with Crippen LogP contribution >= 0.6 is 11.3 Å². The highest BCUT2D eigenvalue weighted by atomic mass is 32.1. The van der Waals surface area contributed by atoms with Crippen molar-refractivity contribution >= 4 is 28.2 Å². The van der Waals surface area contributed by atoms with Gasteiger partial charge in [0, 0.05) is 4.88 Å². The van der Waals surface area contributed by atoms with Crippen molar-refractivity contribution in [3.63, 3.8) is 0 Å². The van der Waals surface area contributed by atoms with E-state index in [4.69, 9.17) is 14.7 Å². The van der Waals surface area contributed by atoms with Gasteiger partial charge in [0.25, 0.3) is 5.91 Å². The molecule has 0 spiro atoms. The summed E-state index contributed by atoms with van der Waals surface area (Å²) >= 11 is 1.31. The Hall–Kier alpha value is -2.85. The molecule has 1 heterocycles. The summed E-state index contributed by atoms with van der Waals surface area (Å²) in [4.78, 5) is 25.6. The van der Waals surface area contributed by atoms with Crippen molar-refractivity contribution in [2.75, 3.05) is 11.9 Å². The molecule has 6 nitrogen and oxygen atoms in total. The first-order valence-electron chi connectivity index (χ1n) is 8.12. The predicted octanol–water partition coefficient (Wildman–Crippen LogP) is 3.82. The average Bonchev–Trinajstić information content (AvgIpc) is 2.89. The quantitative estimate of drug-likeness (QED) is 0.779. The number of nitrogens with one attached hydrogen (secondary N) is 1. The van der Waals surface area contributed by atoms with Gasteiger partial charge < -0.3 is 14.8 Å². The molecular formula is C19H20N2O4S. The molecule has 2 aromatic rings. The van der Waals surface area contributed by atoms with Gasteiger partial charge in [0.2, 0.25) is 0 Å². The van der Waals surface area contributed by atoms with Crippen molar-refractivity contribution in [1.82, 2.24) is 0 Å². The number of ether oxygens (including phenoxy) is 2. The summed E-state index contributed by atoms with van der Waals surface area (Å²) in [5, 5.41) is 12.3. The molecule has 0 bridgehead atoms. The van der Waals surface area contributed by atoms with Crippen LogP contribution in [0.15, 0.2) is 24.3 Å². The second-order valence-corrected chi connectivity index (χ2v) is 6.79. The van der Waals surface area contributed by atoms with Gasteiger partial charge in [-0.25, -0.2) is 4.79 Å². The number of amides is 1. The summed E-state index contributed by atoms with van der Waals surface area (Å²) in [6.45, 7) is 7.26. The Labute approximate surface area is 156 Å². The topological polar surface area (TPSA) is 88.4 Å². The molecule has 1 amide bonds. The molecule has 136 valence electrons. The third kappa shape index (κ3) is 4.21. The number of aryl methyl sites for hydroxylation is 1. The minimum Gasteiger partial charge on any atom is -0.480 e. The Morgan fingerprint density at radius 2 is 2.00 bits per heavy atom. The summed E-state index contributed by atoms with van der Waals surface area (Å²) in [7, 11) is 0. The van der Waals surface area contributed by atoms with Crippen LogP contribution in [0.3, 0.4) is 0 Å². The van der Waals surface area contributed by atoms with Crippen LogP contribution in [0.4, 0.5) is 5.00 Å². The highest BCUT2D eigenvalue weighted by molar-refractivity contribution is 7.16. The number of nitriles is 1. The van der Waals surface area contributed by atoms with Gasteiger partial charge >= 0.3 is 5.97 Å². The van der Waals surface area contributed by atoms with E-state index in [1.807, 2.05) is 19.9 Å². The van der Waals surface area contributed by atoms with Crippen LogP contribution in [-0.2, 0) is 9.53 Å². The third-order valence-corrected chi connectivity index (χ3v) is 4.90. The Kier molecular flexibility index (Phi) is 6.36. The SMILES string of the molecule is CCOC(=O)c1c(NC(=O)C(C)Oc2ccccc2C#N)sc(C)c1C. The van der Waals surface area contributed by atoms with Crippen molar-refractivity contribution in [1.29, 1.82) is 5.26 Å². The van der Waals surface area contributed by atoms with E-state index in [9.17, 15) is 9.59 Å². The smallest absolute Gasteiger partial charge is 0.341 e. The molecule has 0 saturated heterocycles. The molecule has 0 aliphatic carbocycles. The maximum Gasteiger partial charge on any atom is 0.341 e. The number of nitrogens with zero attached hydrogens (tertiary/aromatic N) is 1. The van der Waals surface area contributed by atoms with Crippen LogP contribution in [0.2, 0.25) is 0 Å². The number of carbonyl (C=O) groups excluding carboxylic acids is 2. The number of anilines is 1. The summed E-state index contributed by atoms with van der Waals surface area (Å²) in [5.41, 5.74) is 1.50. The largest absolute Gasteiger partial charge is 0.480 e. The zero-order valence-corrected chi connectivity index (χ0v) is 15.9. The minimum atomic E-state index is -0.845. The highest BCUT2D eigenvalue weighted by Crippen LogP contribution is 2.33. The van der Waals surface area contributed by atoms with Gasteiger partial charge in [-0.15, -0.1) is 11.3 Å². The van der Waals surface area contributed by atoms with E-state index in [1.54, 1.807) is 38.1 Å². The Bertz CT molecular complexity index is 867. The average molecular weight is 372 g/mol. The van der Waals surface area contributed by atoms with E-state index in [0.717, 1.165) is 10.4 Å². The fraction of sp³-hybridized carbons (Fsp3) is 0.316. The van der Waals surface area contributed by atoms with Crippen LogP contribution in [0.5, 0.6) is 5.75 Å². The monoisotopic (exact) mass is 372 g/mol. The molecule has 0 aliphatic heterocycles. The van der Waals surface area contributed by atoms with Gasteiger partial charge in [-0.2, -0.15) is 5.26 Å². The Morgan fingerprint density at radius 3 is 2.65 bits per heavy atom. The van der Waals surface area contributed by atoms with Crippen molar-refractivity contribution < 1.29 is 19.1 Å². The first-order valence-corrected chi connectivity index (χ1v) is 8.94. The summed E-state index contributed by atoms with van der Waals surface area (Å²) in [6.07, 6.45) is -0.845. The molecular weight excluding hydrogens is 352 g/mol.